The molecule has 4 bridgehead atoms. The summed E-state index contributed by atoms with van der Waals surface area (Å²) in [6.45, 7) is 0.518. The molecule has 7 rings (SSSR count). The SMILES string of the molecule is Nc1ccnc2c1ncn2CCC(=O)Nc1ccc(C23CC4CC(CC(C4)C2)C3)cc1. The minimum absolute atomic E-state index is 0.00620. The Morgan fingerprint density at radius 2 is 1.71 bits per heavy atom. The van der Waals surface area contributed by atoms with E-state index in [1.165, 1.54) is 44.1 Å². The maximum absolute atomic E-state index is 12.5. The second-order valence-corrected chi connectivity index (χ2v) is 10.1. The van der Waals surface area contributed by atoms with Gasteiger partial charge in [0.1, 0.15) is 5.52 Å². The zero-order chi connectivity index (χ0) is 21.0. The lowest BCUT2D eigenvalue weighted by atomic mass is 9.48. The Morgan fingerprint density at radius 1 is 1.03 bits per heavy atom. The molecule has 0 saturated heterocycles. The Hall–Kier alpha value is -2.89. The number of rotatable bonds is 5. The van der Waals surface area contributed by atoms with Crippen LogP contribution in [0, 0.1) is 17.8 Å². The Labute approximate surface area is 182 Å². The van der Waals surface area contributed by atoms with Gasteiger partial charge in [-0.05, 0) is 85.5 Å². The highest BCUT2D eigenvalue weighted by Crippen LogP contribution is 2.60. The van der Waals surface area contributed by atoms with Gasteiger partial charge in [-0.1, -0.05) is 12.1 Å². The van der Waals surface area contributed by atoms with Gasteiger partial charge in [0, 0.05) is 24.8 Å². The number of carbonyl (C=O) groups is 1. The smallest absolute Gasteiger partial charge is 0.226 e. The van der Waals surface area contributed by atoms with E-state index in [4.69, 9.17) is 5.73 Å². The van der Waals surface area contributed by atoms with Crippen molar-refractivity contribution in [1.82, 2.24) is 14.5 Å². The number of imidazole rings is 1. The number of carbonyl (C=O) groups excluding carboxylic acids is 1. The molecule has 3 N–H and O–H groups in total. The third-order valence-corrected chi connectivity index (χ3v) is 7.93. The molecule has 160 valence electrons. The van der Waals surface area contributed by atoms with Crippen LogP contribution >= 0.6 is 0 Å². The summed E-state index contributed by atoms with van der Waals surface area (Å²) in [4.78, 5) is 21.2. The van der Waals surface area contributed by atoms with E-state index in [2.05, 4.69) is 39.6 Å². The number of pyridine rings is 1. The molecule has 31 heavy (non-hydrogen) atoms. The average molecular weight is 416 g/mol. The molecule has 0 atom stereocenters. The first kappa shape index (κ1) is 18.8. The third-order valence-electron chi connectivity index (χ3n) is 7.93. The quantitative estimate of drug-likeness (QED) is 0.642. The first-order chi connectivity index (χ1) is 15.1. The van der Waals surface area contributed by atoms with Crippen LogP contribution in [0.4, 0.5) is 11.4 Å². The zero-order valence-electron chi connectivity index (χ0n) is 17.8. The van der Waals surface area contributed by atoms with Gasteiger partial charge < -0.3 is 15.6 Å². The molecule has 4 fully saturated rings. The number of nitrogens with two attached hydrogens (primary N) is 1. The van der Waals surface area contributed by atoms with Crippen LogP contribution in [0.2, 0.25) is 0 Å². The van der Waals surface area contributed by atoms with Crippen molar-refractivity contribution in [3.05, 3.63) is 48.4 Å². The van der Waals surface area contributed by atoms with Crippen molar-refractivity contribution in [2.75, 3.05) is 11.1 Å². The lowest BCUT2D eigenvalue weighted by Gasteiger charge is -2.57. The fourth-order valence-corrected chi connectivity index (χ4v) is 6.96. The molecule has 2 heterocycles. The number of hydrogen-bond donors (Lipinski definition) is 2. The fraction of sp³-hybridized carbons (Fsp3) is 0.480. The minimum Gasteiger partial charge on any atom is -0.397 e. The van der Waals surface area contributed by atoms with Crippen molar-refractivity contribution in [2.24, 2.45) is 17.8 Å². The van der Waals surface area contributed by atoms with Crippen LogP contribution in [0.3, 0.4) is 0 Å². The number of aromatic nitrogens is 3. The van der Waals surface area contributed by atoms with E-state index < -0.39 is 0 Å². The van der Waals surface area contributed by atoms with Crippen molar-refractivity contribution < 1.29 is 4.79 Å². The van der Waals surface area contributed by atoms with Crippen LogP contribution in [0.15, 0.2) is 42.9 Å². The van der Waals surface area contributed by atoms with Crippen molar-refractivity contribution >= 4 is 28.4 Å². The monoisotopic (exact) mass is 415 g/mol. The molecule has 1 aromatic carbocycles. The molecular weight excluding hydrogens is 386 g/mol. The Balaban J connectivity index is 1.11. The van der Waals surface area contributed by atoms with Gasteiger partial charge in [0.15, 0.2) is 5.65 Å². The number of aryl methyl sites for hydroxylation is 1. The molecule has 4 aliphatic rings. The maximum Gasteiger partial charge on any atom is 0.226 e. The molecule has 0 radical (unpaired) electrons. The summed E-state index contributed by atoms with van der Waals surface area (Å²) in [5.74, 6) is 2.81. The van der Waals surface area contributed by atoms with Gasteiger partial charge >= 0.3 is 0 Å². The van der Waals surface area contributed by atoms with E-state index in [0.717, 1.165) is 23.4 Å². The summed E-state index contributed by atoms with van der Waals surface area (Å²) in [5.41, 5.74) is 10.7. The maximum atomic E-state index is 12.5. The van der Waals surface area contributed by atoms with Gasteiger partial charge in [-0.25, -0.2) is 9.97 Å². The highest BCUT2D eigenvalue weighted by Gasteiger charge is 2.51. The van der Waals surface area contributed by atoms with Gasteiger partial charge in [-0.3, -0.25) is 4.79 Å². The molecule has 6 nitrogen and oxygen atoms in total. The van der Waals surface area contributed by atoms with Crippen molar-refractivity contribution in [2.45, 2.75) is 56.9 Å². The topological polar surface area (TPSA) is 85.8 Å². The molecule has 0 aliphatic heterocycles. The van der Waals surface area contributed by atoms with Crippen LogP contribution in [0.25, 0.3) is 11.2 Å². The highest BCUT2D eigenvalue weighted by atomic mass is 16.1. The minimum atomic E-state index is -0.00620. The van der Waals surface area contributed by atoms with Crippen molar-refractivity contribution in [3.8, 4) is 0 Å². The van der Waals surface area contributed by atoms with Gasteiger partial charge in [0.2, 0.25) is 5.91 Å². The Bertz CT molecular complexity index is 1100. The fourth-order valence-electron chi connectivity index (χ4n) is 6.96. The highest BCUT2D eigenvalue weighted by molar-refractivity contribution is 5.91. The average Bonchev–Trinajstić information content (AvgIpc) is 3.16. The van der Waals surface area contributed by atoms with Crippen LogP contribution in [-0.2, 0) is 16.8 Å². The third kappa shape index (κ3) is 3.29. The second-order valence-electron chi connectivity index (χ2n) is 10.1. The van der Waals surface area contributed by atoms with Crippen LogP contribution in [-0.4, -0.2) is 20.4 Å². The van der Waals surface area contributed by atoms with E-state index in [1.54, 1.807) is 18.6 Å². The first-order valence-electron chi connectivity index (χ1n) is 11.5. The van der Waals surface area contributed by atoms with Crippen molar-refractivity contribution in [3.63, 3.8) is 0 Å². The molecule has 0 spiro atoms. The van der Waals surface area contributed by atoms with E-state index >= 15 is 0 Å². The summed E-state index contributed by atoms with van der Waals surface area (Å²) in [6.07, 6.45) is 12.2. The number of nitrogens with one attached hydrogen (secondary N) is 1. The van der Waals surface area contributed by atoms with E-state index in [9.17, 15) is 4.79 Å². The lowest BCUT2D eigenvalue weighted by Crippen LogP contribution is -2.48. The van der Waals surface area contributed by atoms with Gasteiger partial charge in [0.05, 0.1) is 12.0 Å². The van der Waals surface area contributed by atoms with Gasteiger partial charge in [-0.15, -0.1) is 0 Å². The molecule has 1 amide bonds. The molecule has 4 aliphatic carbocycles. The molecule has 3 aromatic rings. The zero-order valence-corrected chi connectivity index (χ0v) is 17.8. The number of nitrogens with zero attached hydrogens (tertiary/aromatic N) is 3. The largest absolute Gasteiger partial charge is 0.397 e. The number of benzene rings is 1. The summed E-state index contributed by atoms with van der Waals surface area (Å²) in [7, 11) is 0. The van der Waals surface area contributed by atoms with Gasteiger partial charge in [0.25, 0.3) is 0 Å². The van der Waals surface area contributed by atoms with Crippen LogP contribution < -0.4 is 11.1 Å². The van der Waals surface area contributed by atoms with E-state index in [-0.39, 0.29) is 5.91 Å². The normalized spacial score (nSPS) is 28.8. The summed E-state index contributed by atoms with van der Waals surface area (Å²) in [6, 6.07) is 10.4. The number of fused-ring (bicyclic) bond motifs is 1. The lowest BCUT2D eigenvalue weighted by molar-refractivity contribution is -0.116. The predicted octanol–water partition coefficient (Wildman–Crippen LogP) is 4.51. The standard InChI is InChI=1S/C25H29N5O/c26-21-5-7-27-24-23(21)28-15-30(24)8-6-22(31)29-20-3-1-19(2-4-20)25-12-16-9-17(13-25)11-18(10-16)14-25/h1-5,7,15-18H,6,8-14H2,(H2,26,27)(H,29,31). The number of nitrogen functional groups attached to an aromatic ring is 1. The predicted molar refractivity (Wildman–Crippen MR) is 121 cm³/mol. The Morgan fingerprint density at radius 3 is 2.39 bits per heavy atom. The molecular formula is C25H29N5O. The molecule has 0 unspecified atom stereocenters. The van der Waals surface area contributed by atoms with Crippen molar-refractivity contribution in [1.29, 1.82) is 0 Å². The van der Waals surface area contributed by atoms with Gasteiger partial charge in [-0.2, -0.15) is 0 Å². The molecule has 2 aromatic heterocycles. The number of amides is 1. The molecule has 6 heteroatoms. The molecule has 4 saturated carbocycles. The van der Waals surface area contributed by atoms with Crippen LogP contribution in [0.5, 0.6) is 0 Å². The van der Waals surface area contributed by atoms with E-state index in [0.29, 0.717) is 35.2 Å². The Kier molecular flexibility index (Phi) is 4.30. The first-order valence-corrected chi connectivity index (χ1v) is 11.5. The summed E-state index contributed by atoms with van der Waals surface area (Å²) >= 11 is 0. The summed E-state index contributed by atoms with van der Waals surface area (Å²) < 4.78 is 1.88. The van der Waals surface area contributed by atoms with Crippen LogP contribution in [0.1, 0.15) is 50.5 Å². The number of hydrogen-bond acceptors (Lipinski definition) is 4. The second kappa shape index (κ2) is 7.08. The summed E-state index contributed by atoms with van der Waals surface area (Å²) in [5, 5.41) is 3.05. The van der Waals surface area contributed by atoms with E-state index in [1.807, 2.05) is 4.57 Å². The number of anilines is 2.